The zero-order chi connectivity index (χ0) is 12.0. The molecule has 1 N–H and O–H groups in total. The van der Waals surface area contributed by atoms with Gasteiger partial charge in [0.05, 0.1) is 6.10 Å². The third-order valence-corrected chi connectivity index (χ3v) is 4.56. The summed E-state index contributed by atoms with van der Waals surface area (Å²) in [4.78, 5) is 2.54. The molecule has 1 aromatic rings. The normalized spacial score (nSPS) is 31.0. The van der Waals surface area contributed by atoms with E-state index in [-0.39, 0.29) is 12.1 Å². The van der Waals surface area contributed by atoms with Gasteiger partial charge < -0.3 is 5.11 Å². The lowest BCUT2D eigenvalue weighted by Crippen LogP contribution is -2.43. The molecule has 2 heteroatoms. The maximum absolute atomic E-state index is 9.87. The molecule has 2 aliphatic rings. The van der Waals surface area contributed by atoms with Gasteiger partial charge in [-0.2, -0.15) is 0 Å². The summed E-state index contributed by atoms with van der Waals surface area (Å²) in [6.07, 6.45) is 3.54. The lowest BCUT2D eigenvalue weighted by Gasteiger charge is -2.40. The molecular weight excluding hydrogens is 210 g/mol. The largest absolute Gasteiger partial charge is 0.392 e. The first-order valence-corrected chi connectivity index (χ1v) is 6.74. The molecule has 2 bridgehead atoms. The van der Waals surface area contributed by atoms with E-state index in [9.17, 15) is 5.11 Å². The van der Waals surface area contributed by atoms with E-state index in [1.165, 1.54) is 30.4 Å². The predicted molar refractivity (Wildman–Crippen MR) is 68.8 cm³/mol. The highest BCUT2D eigenvalue weighted by molar-refractivity contribution is 5.38. The Morgan fingerprint density at radius 1 is 1.12 bits per heavy atom. The molecule has 1 fully saturated rings. The van der Waals surface area contributed by atoms with Crippen LogP contribution in [0.2, 0.25) is 0 Å². The molecule has 4 unspecified atom stereocenters. The standard InChI is InChI=1S/C15H21NO/c1-10(11(2)17)16-14-8-5-9-15(16)13-7-4-3-6-12(13)14/h3-4,6-7,10-11,14-15,17H,5,8-9H2,1-2H3. The van der Waals surface area contributed by atoms with Crippen molar-refractivity contribution in [3.8, 4) is 0 Å². The lowest BCUT2D eigenvalue weighted by molar-refractivity contribution is 0.00159. The smallest absolute Gasteiger partial charge is 0.0665 e. The molecule has 0 spiro atoms. The van der Waals surface area contributed by atoms with Crippen LogP contribution in [0, 0.1) is 0 Å². The highest BCUT2D eigenvalue weighted by atomic mass is 16.3. The second kappa shape index (κ2) is 4.11. The van der Waals surface area contributed by atoms with Crippen LogP contribution in [0.4, 0.5) is 0 Å². The quantitative estimate of drug-likeness (QED) is 0.845. The van der Waals surface area contributed by atoms with Crippen molar-refractivity contribution in [3.05, 3.63) is 35.4 Å². The summed E-state index contributed by atoms with van der Waals surface area (Å²) in [6.45, 7) is 4.06. The summed E-state index contributed by atoms with van der Waals surface area (Å²) >= 11 is 0. The Balaban J connectivity index is 2.01. The zero-order valence-corrected chi connectivity index (χ0v) is 10.6. The Hall–Kier alpha value is -0.860. The SMILES string of the molecule is CC(O)C(C)N1C2CCCC1c1ccccc12. The van der Waals surface area contributed by atoms with E-state index < -0.39 is 0 Å². The molecule has 2 heterocycles. The number of hydrogen-bond acceptors (Lipinski definition) is 2. The van der Waals surface area contributed by atoms with Gasteiger partial charge in [0.2, 0.25) is 0 Å². The molecule has 92 valence electrons. The first-order chi connectivity index (χ1) is 8.20. The van der Waals surface area contributed by atoms with Crippen molar-refractivity contribution in [2.24, 2.45) is 0 Å². The van der Waals surface area contributed by atoms with Crippen LogP contribution in [0.25, 0.3) is 0 Å². The summed E-state index contributed by atoms with van der Waals surface area (Å²) in [7, 11) is 0. The van der Waals surface area contributed by atoms with Gasteiger partial charge in [-0.3, -0.25) is 4.90 Å². The molecule has 0 amide bonds. The molecule has 0 aromatic heterocycles. The van der Waals surface area contributed by atoms with E-state index in [0.717, 1.165) is 0 Å². The van der Waals surface area contributed by atoms with Gasteiger partial charge in [0.25, 0.3) is 0 Å². The van der Waals surface area contributed by atoms with Crippen LogP contribution in [0.15, 0.2) is 24.3 Å². The van der Waals surface area contributed by atoms with Crippen LogP contribution in [-0.4, -0.2) is 22.2 Å². The van der Waals surface area contributed by atoms with Crippen molar-refractivity contribution >= 4 is 0 Å². The number of aliphatic hydroxyl groups excluding tert-OH is 1. The Labute approximate surface area is 103 Å². The predicted octanol–water partition coefficient (Wildman–Crippen LogP) is 3.04. The maximum atomic E-state index is 9.87. The van der Waals surface area contributed by atoms with Gasteiger partial charge in [-0.25, -0.2) is 0 Å². The highest BCUT2D eigenvalue weighted by Crippen LogP contribution is 2.51. The maximum Gasteiger partial charge on any atom is 0.0665 e. The molecule has 0 saturated carbocycles. The Morgan fingerprint density at radius 3 is 2.12 bits per heavy atom. The summed E-state index contributed by atoms with van der Waals surface area (Å²) < 4.78 is 0. The minimum Gasteiger partial charge on any atom is -0.392 e. The molecule has 2 nitrogen and oxygen atoms in total. The Bertz CT molecular complexity index is 384. The molecule has 0 aliphatic carbocycles. The summed E-state index contributed by atoms with van der Waals surface area (Å²) in [5.74, 6) is 0. The van der Waals surface area contributed by atoms with E-state index in [1.807, 2.05) is 6.92 Å². The van der Waals surface area contributed by atoms with Crippen molar-refractivity contribution in [1.29, 1.82) is 0 Å². The topological polar surface area (TPSA) is 23.5 Å². The summed E-state index contributed by atoms with van der Waals surface area (Å²) in [5, 5.41) is 9.87. The molecule has 3 rings (SSSR count). The summed E-state index contributed by atoms with van der Waals surface area (Å²) in [6, 6.07) is 10.2. The molecule has 2 aliphatic heterocycles. The van der Waals surface area contributed by atoms with Gasteiger partial charge in [0.15, 0.2) is 0 Å². The number of hydrogen-bond donors (Lipinski definition) is 1. The van der Waals surface area contributed by atoms with Crippen molar-refractivity contribution in [2.45, 2.75) is 57.3 Å². The molecule has 4 atom stereocenters. The molecule has 0 radical (unpaired) electrons. The number of benzene rings is 1. The molecule has 1 aromatic carbocycles. The fourth-order valence-electron chi connectivity index (χ4n) is 3.59. The van der Waals surface area contributed by atoms with Gasteiger partial charge in [0, 0.05) is 18.1 Å². The third kappa shape index (κ3) is 1.62. The van der Waals surface area contributed by atoms with Gasteiger partial charge in [-0.1, -0.05) is 24.3 Å². The zero-order valence-electron chi connectivity index (χ0n) is 10.6. The minimum atomic E-state index is -0.257. The lowest BCUT2D eigenvalue weighted by atomic mass is 9.97. The first kappa shape index (κ1) is 11.2. The van der Waals surface area contributed by atoms with Crippen molar-refractivity contribution in [1.82, 2.24) is 4.90 Å². The summed E-state index contributed by atoms with van der Waals surface area (Å²) in [5.41, 5.74) is 3.00. The van der Waals surface area contributed by atoms with Crippen LogP contribution in [0.5, 0.6) is 0 Å². The molecule has 1 saturated heterocycles. The van der Waals surface area contributed by atoms with Crippen molar-refractivity contribution in [2.75, 3.05) is 0 Å². The number of piperidine rings is 1. The number of fused-ring (bicyclic) bond motifs is 5. The van der Waals surface area contributed by atoms with E-state index in [4.69, 9.17) is 0 Å². The fraction of sp³-hybridized carbons (Fsp3) is 0.600. The van der Waals surface area contributed by atoms with Crippen LogP contribution in [0.1, 0.15) is 56.3 Å². The molecular formula is C15H21NO. The van der Waals surface area contributed by atoms with Gasteiger partial charge in [-0.15, -0.1) is 0 Å². The van der Waals surface area contributed by atoms with Crippen LogP contribution in [0.3, 0.4) is 0 Å². The average Bonchev–Trinajstić information content (AvgIpc) is 2.53. The average molecular weight is 231 g/mol. The number of aliphatic hydroxyl groups is 1. The highest BCUT2D eigenvalue weighted by Gasteiger charge is 2.43. The second-order valence-electron chi connectivity index (χ2n) is 5.52. The second-order valence-corrected chi connectivity index (χ2v) is 5.52. The first-order valence-electron chi connectivity index (χ1n) is 6.74. The van der Waals surface area contributed by atoms with E-state index >= 15 is 0 Å². The van der Waals surface area contributed by atoms with Crippen LogP contribution < -0.4 is 0 Å². The van der Waals surface area contributed by atoms with Crippen molar-refractivity contribution in [3.63, 3.8) is 0 Å². The van der Waals surface area contributed by atoms with E-state index in [1.54, 1.807) is 0 Å². The van der Waals surface area contributed by atoms with Crippen LogP contribution >= 0.6 is 0 Å². The van der Waals surface area contributed by atoms with Crippen molar-refractivity contribution < 1.29 is 5.11 Å². The van der Waals surface area contributed by atoms with Gasteiger partial charge >= 0.3 is 0 Å². The van der Waals surface area contributed by atoms with Gasteiger partial charge in [0.1, 0.15) is 0 Å². The van der Waals surface area contributed by atoms with E-state index in [0.29, 0.717) is 12.1 Å². The third-order valence-electron chi connectivity index (χ3n) is 4.56. The molecule has 17 heavy (non-hydrogen) atoms. The van der Waals surface area contributed by atoms with Gasteiger partial charge in [-0.05, 0) is 44.2 Å². The number of rotatable bonds is 2. The Morgan fingerprint density at radius 2 is 1.65 bits per heavy atom. The number of nitrogens with zero attached hydrogens (tertiary/aromatic N) is 1. The Kier molecular flexibility index (Phi) is 2.72. The minimum absolute atomic E-state index is 0.248. The van der Waals surface area contributed by atoms with E-state index in [2.05, 4.69) is 36.1 Å². The fourth-order valence-corrected chi connectivity index (χ4v) is 3.59. The monoisotopic (exact) mass is 231 g/mol. The van der Waals surface area contributed by atoms with Crippen LogP contribution in [-0.2, 0) is 0 Å².